The minimum atomic E-state index is -1.41. The number of primary amides is 2. The Morgan fingerprint density at radius 2 is 1.16 bits per heavy atom. The van der Waals surface area contributed by atoms with E-state index < -0.39 is 155 Å². The zero-order valence-electron chi connectivity index (χ0n) is 76.6. The van der Waals surface area contributed by atoms with E-state index in [1.165, 1.54) is 18.7 Å². The number of aromatic amines is 1. The molecule has 1 aromatic carbocycles. The first kappa shape index (κ1) is 106. The van der Waals surface area contributed by atoms with E-state index in [0.29, 0.717) is 50.0 Å². The highest BCUT2D eigenvalue weighted by Crippen LogP contribution is 2.68. The van der Waals surface area contributed by atoms with Crippen molar-refractivity contribution < 1.29 is 107 Å². The maximum absolute atomic E-state index is 14.7. The number of hydrogen-bond acceptors (Lipinski definition) is 26. The molecule has 0 radical (unpaired) electrons. The summed E-state index contributed by atoms with van der Waals surface area (Å²) in [6.45, 7) is 15.9. The topological polar surface area (TPSA) is 625 Å². The van der Waals surface area contributed by atoms with E-state index in [-0.39, 0.29) is 221 Å². The van der Waals surface area contributed by atoms with Crippen LogP contribution in [0.4, 0.5) is 0 Å². The van der Waals surface area contributed by atoms with Crippen LogP contribution in [-0.2, 0) is 87.8 Å². The number of rotatable bonds is 50. The van der Waals surface area contributed by atoms with Crippen molar-refractivity contribution in [2.75, 3.05) is 137 Å². The van der Waals surface area contributed by atoms with Crippen molar-refractivity contribution in [3.8, 4) is 0 Å². The number of H-pyrrole nitrogens is 1. The number of nitrogens with two attached hydrogens (primary N) is 3. The number of nitrogens with one attached hydrogen (secondary N) is 12. The van der Waals surface area contributed by atoms with E-state index in [0.717, 1.165) is 30.2 Å². The second-order valence-corrected chi connectivity index (χ2v) is 38.6. The van der Waals surface area contributed by atoms with Crippen LogP contribution in [0.25, 0.3) is 10.9 Å². The van der Waals surface area contributed by atoms with Crippen molar-refractivity contribution in [2.45, 2.75) is 218 Å². The van der Waals surface area contributed by atoms with E-state index in [1.807, 2.05) is 50.1 Å². The van der Waals surface area contributed by atoms with Crippen molar-refractivity contribution in [1.82, 2.24) is 83.1 Å². The van der Waals surface area contributed by atoms with Crippen molar-refractivity contribution in [1.29, 1.82) is 0 Å². The number of amides is 12. The number of thioether (sulfide) groups is 1. The van der Waals surface area contributed by atoms with Gasteiger partial charge in [-0.05, 0) is 159 Å². The van der Waals surface area contributed by atoms with Gasteiger partial charge in [-0.25, -0.2) is 0 Å². The Morgan fingerprint density at radius 3 is 1.75 bits per heavy atom. The standard InChI is InChI=1S/C88H143N19O22S/c1-50(2)36-64(83(125)100-62(79(90)121)21-35-130-9)101-84(126)66(41-88(91)49-95-88)99-71(112)43-94-85(127)78(51(3)4)103-80(122)53(6)96-82(124)65(37-54-42-93-61-13-11-10-12-57(54)61)102-81(123)63(17-18-69(89)110)98-70(111)19-14-52(5)58-15-16-59-77-60(40-68(109)87(58,59)8)86(7)22-20-56(38-55(86)39-67(77)108)97-73(114)48-129-34-33-128-32-23-92-72(113)44-104-24-26-105(45-74(115)116)28-30-107(47-76(119)120)31-29-106(27-25-104)46-75(117)118/h10-13,42,50-53,55-56,58-60,62-68,77-78,93,95,108-109H,14-41,43-49,91H2,1-9H3,(H2,89,110)(H2,90,121)(H,92,113)(H,94,127)(H,96,124)(H,97,114)(H,98,111)(H,99,112)(H,100,125)(H,101,126)(H,102,123)(H,103,122)(H,115,116)(H,117,118)(H,119,120)/t52-,53+,55?,56+,58-,59?,60?,62+,63+,64+,65+,66+,67-,68+,77?,78+,86+,87-,88?/m1/s1. The van der Waals surface area contributed by atoms with Crippen LogP contribution in [0.5, 0.6) is 0 Å². The number of aliphatic carboxylic acids is 3. The number of benzene rings is 1. The zero-order chi connectivity index (χ0) is 95.5. The number of nitrogens with zero attached hydrogens (tertiary/aromatic N) is 4. The number of carboxylic acids is 3. The lowest BCUT2D eigenvalue weighted by molar-refractivity contribution is -0.202. The molecule has 130 heavy (non-hydrogen) atoms. The average Bonchev–Trinajstić information content (AvgIpc) is 1.40. The molecule has 8 rings (SSSR count). The van der Waals surface area contributed by atoms with Gasteiger partial charge in [-0.1, -0.05) is 66.7 Å². The minimum Gasteiger partial charge on any atom is -0.480 e. The molecule has 1 aromatic heterocycles. The molecular weight excluding hydrogens is 1710 g/mol. The highest BCUT2D eigenvalue weighted by Gasteiger charge is 2.66. The number of carbonyl (C=O) groups is 15. The molecule has 2 aliphatic heterocycles. The molecule has 12 amide bonds. The van der Waals surface area contributed by atoms with Gasteiger partial charge in [-0.2, -0.15) is 11.8 Å². The monoisotopic (exact) mass is 1850 g/mol. The van der Waals surface area contributed by atoms with Crippen molar-refractivity contribution >= 4 is 111 Å². The van der Waals surface area contributed by atoms with Crippen LogP contribution in [0.1, 0.15) is 151 Å². The molecule has 42 heteroatoms. The number of aromatic nitrogens is 1. The number of aliphatic hydroxyl groups is 2. The molecule has 41 nitrogen and oxygen atoms in total. The molecule has 4 saturated carbocycles. The molecule has 23 N–H and O–H groups in total. The average molecular weight is 1850 g/mol. The van der Waals surface area contributed by atoms with Crippen LogP contribution in [0.15, 0.2) is 30.5 Å². The Balaban J connectivity index is 0.794. The summed E-state index contributed by atoms with van der Waals surface area (Å²) in [6, 6.07) is -1.77. The Kier molecular flexibility index (Phi) is 40.8. The number of ether oxygens (including phenoxy) is 2. The van der Waals surface area contributed by atoms with E-state index in [1.54, 1.807) is 40.8 Å². The molecule has 19 atom stereocenters. The lowest BCUT2D eigenvalue weighted by Gasteiger charge is -2.63. The fraction of sp³-hybridized carbons (Fsp3) is 0.739. The van der Waals surface area contributed by atoms with Gasteiger partial charge >= 0.3 is 17.9 Å². The van der Waals surface area contributed by atoms with Crippen LogP contribution in [0.3, 0.4) is 0 Å². The number of carboxylic acid groups (broad SMARTS) is 3. The number of para-hydroxylation sites is 1. The van der Waals surface area contributed by atoms with Crippen molar-refractivity contribution in [2.24, 2.45) is 75.4 Å². The molecular formula is C88H143N19O22S. The van der Waals surface area contributed by atoms with Crippen LogP contribution in [0, 0.1) is 58.2 Å². The molecule has 0 bridgehead atoms. The van der Waals surface area contributed by atoms with Crippen molar-refractivity contribution in [3.63, 3.8) is 0 Å². The summed E-state index contributed by atoms with van der Waals surface area (Å²) < 4.78 is 11.4. The zero-order valence-corrected chi connectivity index (χ0v) is 77.4. The van der Waals surface area contributed by atoms with Crippen LogP contribution in [-0.4, -0.2) is 342 Å². The summed E-state index contributed by atoms with van der Waals surface area (Å²) in [6.07, 6.45) is 6.63. The third kappa shape index (κ3) is 31.7. The predicted octanol–water partition coefficient (Wildman–Crippen LogP) is -2.78. The van der Waals surface area contributed by atoms with Gasteiger partial charge in [-0.15, -0.1) is 0 Å². The molecule has 3 heterocycles. The number of hydrogen-bond donors (Lipinski definition) is 20. The molecule has 4 aliphatic carbocycles. The molecule has 728 valence electrons. The summed E-state index contributed by atoms with van der Waals surface area (Å²) in [5.41, 5.74) is 17.0. The van der Waals surface area contributed by atoms with E-state index in [4.69, 9.17) is 26.7 Å². The van der Waals surface area contributed by atoms with Crippen molar-refractivity contribution in [3.05, 3.63) is 36.0 Å². The number of fused-ring (bicyclic) bond motifs is 6. The Hall–Kier alpha value is -9.24. The van der Waals surface area contributed by atoms with Gasteiger partial charge in [-0.3, -0.25) is 96.8 Å². The second kappa shape index (κ2) is 50.0. The molecule has 2 aromatic rings. The van der Waals surface area contributed by atoms with Gasteiger partial charge in [0, 0.05) is 114 Å². The summed E-state index contributed by atoms with van der Waals surface area (Å²) in [4.78, 5) is 209. The molecule has 0 spiro atoms. The van der Waals surface area contributed by atoms with Gasteiger partial charge in [0.05, 0.1) is 70.4 Å². The summed E-state index contributed by atoms with van der Waals surface area (Å²) >= 11 is 1.46. The largest absolute Gasteiger partial charge is 0.480 e. The normalized spacial score (nSPS) is 25.7. The molecule has 6 aliphatic rings. The van der Waals surface area contributed by atoms with Gasteiger partial charge in [0.25, 0.3) is 0 Å². The maximum Gasteiger partial charge on any atom is 0.317 e. The Bertz CT molecular complexity index is 4190. The first-order valence-electron chi connectivity index (χ1n) is 45.7. The van der Waals surface area contributed by atoms with E-state index >= 15 is 0 Å². The van der Waals surface area contributed by atoms with Crippen LogP contribution in [0.2, 0.25) is 0 Å². The highest BCUT2D eigenvalue weighted by molar-refractivity contribution is 7.98. The Labute approximate surface area is 763 Å². The predicted molar refractivity (Wildman–Crippen MR) is 480 cm³/mol. The van der Waals surface area contributed by atoms with Crippen LogP contribution < -0.4 is 75.7 Å². The summed E-state index contributed by atoms with van der Waals surface area (Å²) in [5, 5.41) is 84.4. The second-order valence-electron chi connectivity index (χ2n) is 37.7. The quantitative estimate of drug-likeness (QED) is 0.0235. The fourth-order valence-electron chi connectivity index (χ4n) is 19.9. The smallest absolute Gasteiger partial charge is 0.317 e. The van der Waals surface area contributed by atoms with E-state index in [9.17, 15) is 97.5 Å². The van der Waals surface area contributed by atoms with Gasteiger partial charge in [0.15, 0.2) is 0 Å². The fourth-order valence-corrected chi connectivity index (χ4v) is 20.4. The van der Waals surface area contributed by atoms with E-state index in [2.05, 4.69) is 77.3 Å². The summed E-state index contributed by atoms with van der Waals surface area (Å²) in [5.74, 6) is -11.7. The Morgan fingerprint density at radius 1 is 0.585 bits per heavy atom. The minimum absolute atomic E-state index is 0.00364. The number of carbonyl (C=O) groups excluding carboxylic acids is 12. The first-order valence-corrected chi connectivity index (χ1v) is 47.0. The van der Waals surface area contributed by atoms with Gasteiger partial charge in [0.1, 0.15) is 48.9 Å². The third-order valence-electron chi connectivity index (χ3n) is 27.2. The molecule has 5 unspecified atom stereocenters. The lowest BCUT2D eigenvalue weighted by atomic mass is 9.43. The molecule has 2 saturated heterocycles. The van der Waals surface area contributed by atoms with Crippen LogP contribution >= 0.6 is 11.8 Å². The molecule has 6 fully saturated rings. The lowest BCUT2D eigenvalue weighted by Crippen LogP contribution is -2.63. The van der Waals surface area contributed by atoms with Gasteiger partial charge in [0.2, 0.25) is 70.9 Å². The number of aliphatic hydroxyl groups excluding tert-OH is 2. The van der Waals surface area contributed by atoms with Gasteiger partial charge < -0.3 is 110 Å². The first-order chi connectivity index (χ1) is 61.5. The maximum atomic E-state index is 14.7. The third-order valence-corrected chi connectivity index (χ3v) is 27.9. The summed E-state index contributed by atoms with van der Waals surface area (Å²) in [7, 11) is 0. The highest BCUT2D eigenvalue weighted by atomic mass is 32.2. The SMILES string of the molecule is CSCC[C@H](NC(=O)[C@H](CC(C)C)NC(=O)[C@H](CC1(N)CN1)NC(=O)CNC(=O)[C@@H](NC(=O)[C@H](C)NC(=O)[C@H](Cc1c[nH]c2ccccc12)NC(=O)[C@H](CCC(N)=O)NC(=O)CC[C@@H](C)[C@H]1CCC2C3C(C[C@H](O)[C@@]21C)[C@@]1(C)CC[C@H](NC(=O)COCCOCCNC(=O)CN2CCN(CC(=O)O)CCN(CC(=O)O)CCN(CC(=O)O)CC2)CC1C[C@H]3O)C(C)C)C(N)=O.